The van der Waals surface area contributed by atoms with Crippen molar-refractivity contribution in [3.8, 4) is 0 Å². The van der Waals surface area contributed by atoms with Gasteiger partial charge in [0.05, 0.1) is 6.61 Å². The number of hydrogen-bond donors (Lipinski definition) is 1. The SMILES string of the molecule is COCCN(C)Cc1cccnc1N. The summed E-state index contributed by atoms with van der Waals surface area (Å²) in [4.78, 5) is 6.18. The molecule has 0 aromatic carbocycles. The van der Waals surface area contributed by atoms with E-state index >= 15 is 0 Å². The quantitative estimate of drug-likeness (QED) is 0.753. The minimum Gasteiger partial charge on any atom is -0.383 e. The third kappa shape index (κ3) is 3.32. The van der Waals surface area contributed by atoms with E-state index in [9.17, 15) is 0 Å². The molecule has 0 radical (unpaired) electrons. The molecular weight excluding hydrogens is 178 g/mol. The summed E-state index contributed by atoms with van der Waals surface area (Å²) in [6.45, 7) is 2.44. The highest BCUT2D eigenvalue weighted by molar-refractivity contribution is 5.38. The first-order chi connectivity index (χ1) is 6.74. The summed E-state index contributed by atoms with van der Waals surface area (Å²) >= 11 is 0. The lowest BCUT2D eigenvalue weighted by molar-refractivity contribution is 0.158. The van der Waals surface area contributed by atoms with Crippen molar-refractivity contribution < 1.29 is 4.74 Å². The molecule has 0 spiro atoms. The standard InChI is InChI=1S/C10H17N3O/c1-13(6-7-14-2)8-9-4-3-5-12-10(9)11/h3-5H,6-8H2,1-2H3,(H2,11,12). The van der Waals surface area contributed by atoms with Crippen molar-refractivity contribution in [3.63, 3.8) is 0 Å². The highest BCUT2D eigenvalue weighted by Gasteiger charge is 2.03. The van der Waals surface area contributed by atoms with Gasteiger partial charge in [0.25, 0.3) is 0 Å². The smallest absolute Gasteiger partial charge is 0.127 e. The highest BCUT2D eigenvalue weighted by Crippen LogP contribution is 2.08. The summed E-state index contributed by atoms with van der Waals surface area (Å²) < 4.78 is 4.99. The molecule has 1 aromatic heterocycles. The van der Waals surface area contributed by atoms with Crippen molar-refractivity contribution in [1.82, 2.24) is 9.88 Å². The number of methoxy groups -OCH3 is 1. The molecule has 0 saturated carbocycles. The van der Waals surface area contributed by atoms with Crippen molar-refractivity contribution in [2.24, 2.45) is 0 Å². The maximum absolute atomic E-state index is 5.73. The molecule has 0 saturated heterocycles. The van der Waals surface area contributed by atoms with Crippen LogP contribution < -0.4 is 5.73 Å². The van der Waals surface area contributed by atoms with E-state index in [-0.39, 0.29) is 0 Å². The Kier molecular flexibility index (Phi) is 4.35. The van der Waals surface area contributed by atoms with Crippen LogP contribution in [0.25, 0.3) is 0 Å². The van der Waals surface area contributed by atoms with Gasteiger partial charge in [-0.15, -0.1) is 0 Å². The van der Waals surface area contributed by atoms with Crippen LogP contribution in [-0.2, 0) is 11.3 Å². The summed E-state index contributed by atoms with van der Waals surface area (Å²) in [6.07, 6.45) is 1.70. The summed E-state index contributed by atoms with van der Waals surface area (Å²) in [5.41, 5.74) is 6.79. The minimum absolute atomic E-state index is 0.608. The number of nitrogens with two attached hydrogens (primary N) is 1. The van der Waals surface area contributed by atoms with Gasteiger partial charge >= 0.3 is 0 Å². The number of anilines is 1. The number of hydrogen-bond acceptors (Lipinski definition) is 4. The molecule has 4 nitrogen and oxygen atoms in total. The molecule has 1 heterocycles. The lowest BCUT2D eigenvalue weighted by Gasteiger charge is -2.16. The summed E-state index contributed by atoms with van der Waals surface area (Å²) in [7, 11) is 3.73. The van der Waals surface area contributed by atoms with Crippen molar-refractivity contribution in [1.29, 1.82) is 0 Å². The number of nitrogen functional groups attached to an aromatic ring is 1. The van der Waals surface area contributed by atoms with Crippen LogP contribution >= 0.6 is 0 Å². The first-order valence-corrected chi connectivity index (χ1v) is 4.61. The van der Waals surface area contributed by atoms with Crippen molar-refractivity contribution >= 4 is 5.82 Å². The number of nitrogens with zero attached hydrogens (tertiary/aromatic N) is 2. The minimum atomic E-state index is 0.608. The van der Waals surface area contributed by atoms with Gasteiger partial charge in [-0.2, -0.15) is 0 Å². The lowest BCUT2D eigenvalue weighted by atomic mass is 10.2. The van der Waals surface area contributed by atoms with E-state index in [2.05, 4.69) is 9.88 Å². The van der Waals surface area contributed by atoms with Gasteiger partial charge in [-0.1, -0.05) is 6.07 Å². The van der Waals surface area contributed by atoms with E-state index in [1.807, 2.05) is 19.2 Å². The molecule has 1 rings (SSSR count). The Bertz CT molecular complexity index is 278. The van der Waals surface area contributed by atoms with Crippen LogP contribution in [0.15, 0.2) is 18.3 Å². The van der Waals surface area contributed by atoms with Gasteiger partial charge in [-0.25, -0.2) is 4.98 Å². The number of rotatable bonds is 5. The topological polar surface area (TPSA) is 51.4 Å². The van der Waals surface area contributed by atoms with Gasteiger partial charge in [-0.3, -0.25) is 4.90 Å². The van der Waals surface area contributed by atoms with Gasteiger partial charge < -0.3 is 10.5 Å². The predicted octanol–water partition coefficient (Wildman–Crippen LogP) is 0.742. The zero-order valence-corrected chi connectivity index (χ0v) is 8.73. The summed E-state index contributed by atoms with van der Waals surface area (Å²) in [6, 6.07) is 3.89. The van der Waals surface area contributed by atoms with E-state index in [1.165, 1.54) is 0 Å². The average molecular weight is 195 g/mol. The Hall–Kier alpha value is -1.13. The molecule has 0 bridgehead atoms. The van der Waals surface area contributed by atoms with E-state index in [4.69, 9.17) is 10.5 Å². The summed E-state index contributed by atoms with van der Waals surface area (Å²) in [5.74, 6) is 0.608. The Balaban J connectivity index is 2.47. The van der Waals surface area contributed by atoms with Gasteiger partial charge in [0.15, 0.2) is 0 Å². The van der Waals surface area contributed by atoms with E-state index in [0.29, 0.717) is 5.82 Å². The fourth-order valence-electron chi connectivity index (χ4n) is 1.20. The van der Waals surface area contributed by atoms with Crippen molar-refractivity contribution in [3.05, 3.63) is 23.9 Å². The predicted molar refractivity (Wildman–Crippen MR) is 56.9 cm³/mol. The molecule has 0 aliphatic carbocycles. The molecule has 1 aromatic rings. The highest BCUT2D eigenvalue weighted by atomic mass is 16.5. The average Bonchev–Trinajstić information content (AvgIpc) is 2.18. The van der Waals surface area contributed by atoms with Gasteiger partial charge in [0.2, 0.25) is 0 Å². The number of likely N-dealkylation sites (N-methyl/N-ethyl adjacent to an activating group) is 1. The van der Waals surface area contributed by atoms with Crippen LogP contribution in [0.1, 0.15) is 5.56 Å². The van der Waals surface area contributed by atoms with Crippen molar-refractivity contribution in [2.75, 3.05) is 33.0 Å². The molecule has 0 unspecified atom stereocenters. The van der Waals surface area contributed by atoms with Crippen LogP contribution in [0.4, 0.5) is 5.82 Å². The molecule has 78 valence electrons. The third-order valence-corrected chi connectivity index (χ3v) is 2.04. The summed E-state index contributed by atoms with van der Waals surface area (Å²) in [5, 5.41) is 0. The number of aromatic nitrogens is 1. The molecule has 0 fully saturated rings. The first kappa shape index (κ1) is 10.9. The van der Waals surface area contributed by atoms with Crippen LogP contribution in [-0.4, -0.2) is 37.2 Å². The Morgan fingerprint density at radius 2 is 2.36 bits per heavy atom. The molecule has 0 aliphatic rings. The zero-order valence-electron chi connectivity index (χ0n) is 8.73. The maximum atomic E-state index is 5.73. The lowest BCUT2D eigenvalue weighted by Crippen LogP contribution is -2.22. The number of ether oxygens (including phenoxy) is 1. The second kappa shape index (κ2) is 5.57. The Labute approximate surface area is 84.7 Å². The maximum Gasteiger partial charge on any atom is 0.127 e. The first-order valence-electron chi connectivity index (χ1n) is 4.61. The molecule has 4 heteroatoms. The van der Waals surface area contributed by atoms with Gasteiger partial charge in [0, 0.05) is 32.0 Å². The van der Waals surface area contributed by atoms with E-state index in [1.54, 1.807) is 13.3 Å². The molecule has 0 amide bonds. The van der Waals surface area contributed by atoms with Crippen molar-refractivity contribution in [2.45, 2.75) is 6.54 Å². The van der Waals surface area contributed by atoms with Crippen LogP contribution in [0.3, 0.4) is 0 Å². The second-order valence-electron chi connectivity index (χ2n) is 3.28. The normalized spacial score (nSPS) is 10.8. The fraction of sp³-hybridized carbons (Fsp3) is 0.500. The fourth-order valence-corrected chi connectivity index (χ4v) is 1.20. The van der Waals surface area contributed by atoms with Crippen LogP contribution in [0.2, 0.25) is 0 Å². The Morgan fingerprint density at radius 1 is 1.57 bits per heavy atom. The molecule has 0 atom stereocenters. The molecule has 2 N–H and O–H groups in total. The van der Waals surface area contributed by atoms with Crippen LogP contribution in [0, 0.1) is 0 Å². The van der Waals surface area contributed by atoms with Gasteiger partial charge in [-0.05, 0) is 13.1 Å². The molecule has 0 aliphatic heterocycles. The second-order valence-corrected chi connectivity index (χ2v) is 3.28. The van der Waals surface area contributed by atoms with E-state index < -0.39 is 0 Å². The monoisotopic (exact) mass is 195 g/mol. The molecule has 14 heavy (non-hydrogen) atoms. The largest absolute Gasteiger partial charge is 0.383 e. The third-order valence-electron chi connectivity index (χ3n) is 2.04. The Morgan fingerprint density at radius 3 is 3.00 bits per heavy atom. The van der Waals surface area contributed by atoms with E-state index in [0.717, 1.165) is 25.3 Å². The number of pyridine rings is 1. The zero-order chi connectivity index (χ0) is 10.4. The van der Waals surface area contributed by atoms with Gasteiger partial charge in [0.1, 0.15) is 5.82 Å². The molecular formula is C10H17N3O. The van der Waals surface area contributed by atoms with Crippen LogP contribution in [0.5, 0.6) is 0 Å².